The SMILES string of the molecule is CC(C(=O)NC1CCCCC1O)c1cccc([N+](=O)[O-])c1. The molecule has 114 valence electrons. The van der Waals surface area contributed by atoms with Crippen LogP contribution in [0.15, 0.2) is 24.3 Å². The summed E-state index contributed by atoms with van der Waals surface area (Å²) in [6, 6.07) is 5.88. The Morgan fingerprint density at radius 3 is 2.81 bits per heavy atom. The van der Waals surface area contributed by atoms with E-state index in [-0.39, 0.29) is 17.6 Å². The van der Waals surface area contributed by atoms with Gasteiger partial charge in [0.15, 0.2) is 0 Å². The van der Waals surface area contributed by atoms with E-state index in [1.165, 1.54) is 12.1 Å². The fraction of sp³-hybridized carbons (Fsp3) is 0.533. The second-order valence-corrected chi connectivity index (χ2v) is 5.54. The molecule has 0 spiro atoms. The van der Waals surface area contributed by atoms with Crippen LogP contribution in [0.4, 0.5) is 5.69 Å². The highest BCUT2D eigenvalue weighted by molar-refractivity contribution is 5.83. The molecule has 1 aromatic rings. The molecule has 0 aromatic heterocycles. The number of nitro benzene ring substituents is 1. The molecule has 0 bridgehead atoms. The summed E-state index contributed by atoms with van der Waals surface area (Å²) in [4.78, 5) is 22.6. The van der Waals surface area contributed by atoms with Gasteiger partial charge in [0.05, 0.1) is 23.0 Å². The summed E-state index contributed by atoms with van der Waals surface area (Å²) in [6.07, 6.45) is 2.95. The fourth-order valence-electron chi connectivity index (χ4n) is 2.65. The molecule has 3 atom stereocenters. The maximum absolute atomic E-state index is 12.2. The molecule has 1 aliphatic carbocycles. The van der Waals surface area contributed by atoms with Gasteiger partial charge in [-0.2, -0.15) is 0 Å². The Morgan fingerprint density at radius 1 is 1.43 bits per heavy atom. The van der Waals surface area contributed by atoms with Gasteiger partial charge in [0.1, 0.15) is 0 Å². The average Bonchev–Trinajstić information content (AvgIpc) is 2.49. The Balaban J connectivity index is 2.04. The van der Waals surface area contributed by atoms with Crippen LogP contribution in [0.1, 0.15) is 44.1 Å². The van der Waals surface area contributed by atoms with Gasteiger partial charge in [0, 0.05) is 12.1 Å². The quantitative estimate of drug-likeness (QED) is 0.656. The first kappa shape index (κ1) is 15.4. The highest BCUT2D eigenvalue weighted by Gasteiger charge is 2.27. The van der Waals surface area contributed by atoms with Crippen molar-refractivity contribution in [1.82, 2.24) is 5.32 Å². The van der Waals surface area contributed by atoms with Crippen molar-refractivity contribution in [2.75, 3.05) is 0 Å². The molecule has 1 fully saturated rings. The lowest BCUT2D eigenvalue weighted by molar-refractivity contribution is -0.384. The van der Waals surface area contributed by atoms with Gasteiger partial charge >= 0.3 is 0 Å². The number of non-ortho nitro benzene ring substituents is 1. The smallest absolute Gasteiger partial charge is 0.269 e. The molecule has 0 saturated heterocycles. The summed E-state index contributed by atoms with van der Waals surface area (Å²) in [7, 11) is 0. The highest BCUT2D eigenvalue weighted by atomic mass is 16.6. The molecule has 0 radical (unpaired) electrons. The summed E-state index contributed by atoms with van der Waals surface area (Å²) < 4.78 is 0. The molecular formula is C15H20N2O4. The normalized spacial score (nSPS) is 23.3. The van der Waals surface area contributed by atoms with Crippen molar-refractivity contribution in [2.45, 2.75) is 50.7 Å². The standard InChI is InChI=1S/C15H20N2O4/c1-10(11-5-4-6-12(9-11)17(20)21)15(19)16-13-7-2-3-8-14(13)18/h4-6,9-10,13-14,18H,2-3,7-8H2,1H3,(H,16,19). The minimum atomic E-state index is -0.500. The zero-order chi connectivity index (χ0) is 15.4. The summed E-state index contributed by atoms with van der Waals surface area (Å²) >= 11 is 0. The van der Waals surface area contributed by atoms with Crippen LogP contribution in [0.3, 0.4) is 0 Å². The Morgan fingerprint density at radius 2 is 2.14 bits per heavy atom. The van der Waals surface area contributed by atoms with Crippen LogP contribution in [0, 0.1) is 10.1 Å². The van der Waals surface area contributed by atoms with Crippen molar-refractivity contribution in [3.05, 3.63) is 39.9 Å². The minimum absolute atomic E-state index is 0.0233. The van der Waals surface area contributed by atoms with Crippen molar-refractivity contribution >= 4 is 11.6 Å². The monoisotopic (exact) mass is 292 g/mol. The number of aliphatic hydroxyl groups is 1. The summed E-state index contributed by atoms with van der Waals surface area (Å²) in [6.45, 7) is 1.71. The maximum Gasteiger partial charge on any atom is 0.269 e. The first-order valence-corrected chi connectivity index (χ1v) is 7.22. The van der Waals surface area contributed by atoms with Crippen molar-refractivity contribution in [3.63, 3.8) is 0 Å². The van der Waals surface area contributed by atoms with Gasteiger partial charge in [-0.3, -0.25) is 14.9 Å². The number of hydrogen-bond acceptors (Lipinski definition) is 4. The van der Waals surface area contributed by atoms with Crippen LogP contribution in [-0.4, -0.2) is 28.1 Å². The molecule has 1 saturated carbocycles. The first-order valence-electron chi connectivity index (χ1n) is 7.22. The van der Waals surface area contributed by atoms with E-state index in [4.69, 9.17) is 0 Å². The fourth-order valence-corrected chi connectivity index (χ4v) is 2.65. The zero-order valence-corrected chi connectivity index (χ0v) is 12.0. The van der Waals surface area contributed by atoms with E-state index in [0.717, 1.165) is 19.3 Å². The van der Waals surface area contributed by atoms with Gasteiger partial charge in [-0.25, -0.2) is 0 Å². The van der Waals surface area contributed by atoms with Gasteiger partial charge < -0.3 is 10.4 Å². The molecular weight excluding hydrogens is 272 g/mol. The largest absolute Gasteiger partial charge is 0.391 e. The van der Waals surface area contributed by atoms with Gasteiger partial charge in [-0.1, -0.05) is 25.0 Å². The number of nitro groups is 1. The van der Waals surface area contributed by atoms with E-state index < -0.39 is 16.9 Å². The molecule has 0 aliphatic heterocycles. The van der Waals surface area contributed by atoms with E-state index >= 15 is 0 Å². The number of carbonyl (C=O) groups excluding carboxylic acids is 1. The number of amides is 1. The van der Waals surface area contributed by atoms with E-state index in [1.54, 1.807) is 19.1 Å². The van der Waals surface area contributed by atoms with E-state index in [2.05, 4.69) is 5.32 Å². The van der Waals surface area contributed by atoms with Crippen molar-refractivity contribution in [3.8, 4) is 0 Å². The minimum Gasteiger partial charge on any atom is -0.391 e. The van der Waals surface area contributed by atoms with Crippen LogP contribution in [0.5, 0.6) is 0 Å². The molecule has 2 rings (SSSR count). The number of rotatable bonds is 4. The van der Waals surface area contributed by atoms with Gasteiger partial charge in [-0.15, -0.1) is 0 Å². The zero-order valence-electron chi connectivity index (χ0n) is 12.0. The Kier molecular flexibility index (Phi) is 4.90. The van der Waals surface area contributed by atoms with E-state index in [9.17, 15) is 20.0 Å². The van der Waals surface area contributed by atoms with Crippen molar-refractivity contribution in [2.24, 2.45) is 0 Å². The lowest BCUT2D eigenvalue weighted by atomic mass is 9.91. The second-order valence-electron chi connectivity index (χ2n) is 5.54. The summed E-state index contributed by atoms with van der Waals surface area (Å²) in [5, 5.41) is 23.5. The number of aliphatic hydroxyl groups excluding tert-OH is 1. The first-order chi connectivity index (χ1) is 9.99. The summed E-state index contributed by atoms with van der Waals surface area (Å²) in [5.74, 6) is -0.694. The van der Waals surface area contributed by atoms with Gasteiger partial charge in [-0.05, 0) is 25.3 Å². The van der Waals surface area contributed by atoms with Crippen molar-refractivity contribution in [1.29, 1.82) is 0 Å². The second kappa shape index (κ2) is 6.67. The predicted molar refractivity (Wildman–Crippen MR) is 77.9 cm³/mol. The van der Waals surface area contributed by atoms with Crippen LogP contribution in [0.2, 0.25) is 0 Å². The number of nitrogens with zero attached hydrogens (tertiary/aromatic N) is 1. The average molecular weight is 292 g/mol. The topological polar surface area (TPSA) is 92.5 Å². The Bertz CT molecular complexity index is 532. The lowest BCUT2D eigenvalue weighted by Crippen LogP contribution is -2.46. The lowest BCUT2D eigenvalue weighted by Gasteiger charge is -2.29. The molecule has 6 nitrogen and oxygen atoms in total. The van der Waals surface area contributed by atoms with Crippen LogP contribution < -0.4 is 5.32 Å². The van der Waals surface area contributed by atoms with Crippen LogP contribution >= 0.6 is 0 Å². The highest BCUT2D eigenvalue weighted by Crippen LogP contribution is 2.23. The molecule has 1 aliphatic rings. The van der Waals surface area contributed by atoms with Crippen LogP contribution in [0.25, 0.3) is 0 Å². The van der Waals surface area contributed by atoms with E-state index in [0.29, 0.717) is 12.0 Å². The third kappa shape index (κ3) is 3.78. The molecule has 1 aromatic carbocycles. The number of hydrogen-bond donors (Lipinski definition) is 2. The van der Waals surface area contributed by atoms with Gasteiger partial charge in [0.2, 0.25) is 5.91 Å². The van der Waals surface area contributed by atoms with Crippen LogP contribution in [-0.2, 0) is 4.79 Å². The van der Waals surface area contributed by atoms with E-state index in [1.807, 2.05) is 0 Å². The third-order valence-electron chi connectivity index (χ3n) is 4.03. The van der Waals surface area contributed by atoms with Crippen molar-refractivity contribution < 1.29 is 14.8 Å². The third-order valence-corrected chi connectivity index (χ3v) is 4.03. The summed E-state index contributed by atoms with van der Waals surface area (Å²) in [5.41, 5.74) is 0.580. The molecule has 6 heteroatoms. The maximum atomic E-state index is 12.2. The van der Waals surface area contributed by atoms with Gasteiger partial charge in [0.25, 0.3) is 5.69 Å². The molecule has 0 heterocycles. The number of carbonyl (C=O) groups is 1. The number of nitrogens with one attached hydrogen (secondary N) is 1. The molecule has 3 unspecified atom stereocenters. The molecule has 2 N–H and O–H groups in total. The number of benzene rings is 1. The Hall–Kier alpha value is -1.95. The molecule has 21 heavy (non-hydrogen) atoms. The molecule has 1 amide bonds. The predicted octanol–water partition coefficient (Wildman–Crippen LogP) is 2.12. The Labute approximate surface area is 123 Å².